The average Bonchev–Trinajstić information content (AvgIpc) is 2.44. The second-order valence-corrected chi connectivity index (χ2v) is 4.88. The largest absolute Gasteiger partial charge is 0.490 e. The van der Waals surface area contributed by atoms with Crippen molar-refractivity contribution in [1.29, 1.82) is 0 Å². The zero-order valence-corrected chi connectivity index (χ0v) is 12.2. The number of hydrogen-bond acceptors (Lipinski definition) is 3. The van der Waals surface area contributed by atoms with Gasteiger partial charge in [0.25, 0.3) is 0 Å². The van der Waals surface area contributed by atoms with Crippen molar-refractivity contribution in [2.45, 2.75) is 33.3 Å². The number of allylic oxidation sites excluding steroid dienone is 1. The fourth-order valence-electron chi connectivity index (χ4n) is 2.23. The summed E-state index contributed by atoms with van der Waals surface area (Å²) in [5.74, 6) is 0.511. The molecule has 1 aliphatic rings. The summed E-state index contributed by atoms with van der Waals surface area (Å²) in [6, 6.07) is 9.94. The van der Waals surface area contributed by atoms with Crippen molar-refractivity contribution in [2.75, 3.05) is 6.61 Å². The van der Waals surface area contributed by atoms with Gasteiger partial charge in [0.15, 0.2) is 0 Å². The third kappa shape index (κ3) is 3.29. The Bertz CT molecular complexity index is 541. The van der Waals surface area contributed by atoms with E-state index in [2.05, 4.69) is 0 Å². The molecule has 1 atom stereocenters. The molecule has 0 aromatic heterocycles. The monoisotopic (exact) mass is 272 g/mol. The second-order valence-electron chi connectivity index (χ2n) is 4.88. The zero-order chi connectivity index (χ0) is 14.5. The van der Waals surface area contributed by atoms with Crippen LogP contribution in [0.15, 0.2) is 47.2 Å². The number of ether oxygens (including phenoxy) is 2. The number of carbonyl (C=O) groups is 1. The minimum absolute atomic E-state index is 0.0203. The normalized spacial score (nSPS) is 20.8. The van der Waals surface area contributed by atoms with Crippen molar-refractivity contribution in [3.05, 3.63) is 52.8 Å². The van der Waals surface area contributed by atoms with Crippen LogP contribution < -0.4 is 0 Å². The predicted molar refractivity (Wildman–Crippen MR) is 78.9 cm³/mol. The predicted octanol–water partition coefficient (Wildman–Crippen LogP) is 3.72. The van der Waals surface area contributed by atoms with E-state index in [1.54, 1.807) is 0 Å². The summed E-state index contributed by atoms with van der Waals surface area (Å²) in [5.41, 5.74) is 2.64. The zero-order valence-electron chi connectivity index (χ0n) is 12.2. The van der Waals surface area contributed by atoms with Gasteiger partial charge in [0.1, 0.15) is 11.9 Å². The van der Waals surface area contributed by atoms with Crippen LogP contribution in [0.1, 0.15) is 32.8 Å². The van der Waals surface area contributed by atoms with Crippen molar-refractivity contribution in [1.82, 2.24) is 0 Å². The van der Waals surface area contributed by atoms with Gasteiger partial charge in [-0.05, 0) is 32.4 Å². The smallest absolute Gasteiger partial charge is 0.334 e. The van der Waals surface area contributed by atoms with E-state index in [0.29, 0.717) is 18.6 Å². The van der Waals surface area contributed by atoms with Crippen LogP contribution in [0.5, 0.6) is 0 Å². The molecule has 1 aromatic carbocycles. The van der Waals surface area contributed by atoms with Gasteiger partial charge in [-0.3, -0.25) is 0 Å². The Hall–Kier alpha value is -2.03. The molecule has 0 fully saturated rings. The van der Waals surface area contributed by atoms with E-state index in [1.807, 2.05) is 57.2 Å². The van der Waals surface area contributed by atoms with E-state index < -0.39 is 0 Å². The lowest BCUT2D eigenvalue weighted by Gasteiger charge is -2.26. The van der Waals surface area contributed by atoms with Crippen molar-refractivity contribution in [3.63, 3.8) is 0 Å². The molecule has 20 heavy (non-hydrogen) atoms. The Morgan fingerprint density at radius 2 is 2.10 bits per heavy atom. The molecule has 1 aliphatic heterocycles. The first-order valence-electron chi connectivity index (χ1n) is 6.92. The SMILES string of the molecule is CCOC(=O)C1=C(C)C(=Cc2ccccc2)OC(C)C1. The first-order valence-corrected chi connectivity index (χ1v) is 6.92. The minimum Gasteiger partial charge on any atom is -0.490 e. The molecule has 1 unspecified atom stereocenters. The van der Waals surface area contributed by atoms with Gasteiger partial charge in [-0.25, -0.2) is 4.79 Å². The van der Waals surface area contributed by atoms with Gasteiger partial charge in [-0.15, -0.1) is 0 Å². The van der Waals surface area contributed by atoms with Gasteiger partial charge in [-0.2, -0.15) is 0 Å². The van der Waals surface area contributed by atoms with Crippen molar-refractivity contribution < 1.29 is 14.3 Å². The standard InChI is InChI=1S/C17H20O3/c1-4-19-17(18)15-10-12(2)20-16(13(15)3)11-14-8-6-5-7-9-14/h5-9,11-12H,4,10H2,1-3H3. The Balaban J connectivity index is 2.35. The van der Waals surface area contributed by atoms with Gasteiger partial charge in [0.05, 0.1) is 6.61 Å². The van der Waals surface area contributed by atoms with Gasteiger partial charge >= 0.3 is 5.97 Å². The number of carbonyl (C=O) groups excluding carboxylic acids is 1. The summed E-state index contributed by atoms with van der Waals surface area (Å²) >= 11 is 0. The van der Waals surface area contributed by atoms with E-state index in [1.165, 1.54) is 0 Å². The van der Waals surface area contributed by atoms with Crippen LogP contribution in [0.2, 0.25) is 0 Å². The Morgan fingerprint density at radius 1 is 1.40 bits per heavy atom. The first-order chi connectivity index (χ1) is 9.61. The van der Waals surface area contributed by atoms with E-state index in [4.69, 9.17) is 9.47 Å². The molecule has 0 amide bonds. The molecule has 0 aliphatic carbocycles. The van der Waals surface area contributed by atoms with E-state index in [-0.39, 0.29) is 12.1 Å². The van der Waals surface area contributed by atoms with Gasteiger partial charge in [0, 0.05) is 17.6 Å². The summed E-state index contributed by atoms with van der Waals surface area (Å²) in [7, 11) is 0. The number of esters is 1. The highest BCUT2D eigenvalue weighted by Gasteiger charge is 2.26. The summed E-state index contributed by atoms with van der Waals surface area (Å²) < 4.78 is 11.0. The van der Waals surface area contributed by atoms with E-state index >= 15 is 0 Å². The van der Waals surface area contributed by atoms with E-state index in [0.717, 1.165) is 16.9 Å². The Morgan fingerprint density at radius 3 is 2.75 bits per heavy atom. The van der Waals surface area contributed by atoms with Gasteiger partial charge in [0.2, 0.25) is 0 Å². The third-order valence-corrected chi connectivity index (χ3v) is 3.26. The fraction of sp³-hybridized carbons (Fsp3) is 0.353. The molecule has 1 heterocycles. The van der Waals surface area contributed by atoms with Crippen LogP contribution >= 0.6 is 0 Å². The van der Waals surface area contributed by atoms with Crippen LogP contribution in [0, 0.1) is 0 Å². The van der Waals surface area contributed by atoms with Crippen molar-refractivity contribution in [2.24, 2.45) is 0 Å². The molecule has 3 nitrogen and oxygen atoms in total. The Labute approximate surface area is 119 Å². The van der Waals surface area contributed by atoms with Gasteiger partial charge < -0.3 is 9.47 Å². The Kier molecular flexibility index (Phi) is 4.61. The summed E-state index contributed by atoms with van der Waals surface area (Å²) in [4.78, 5) is 12.0. The van der Waals surface area contributed by atoms with Crippen molar-refractivity contribution in [3.8, 4) is 0 Å². The number of benzene rings is 1. The molecule has 3 heteroatoms. The summed E-state index contributed by atoms with van der Waals surface area (Å²) in [5, 5.41) is 0. The van der Waals surface area contributed by atoms with Crippen LogP contribution in [0.25, 0.3) is 6.08 Å². The molecule has 1 aromatic rings. The molecule has 0 spiro atoms. The lowest BCUT2D eigenvalue weighted by atomic mass is 9.97. The molecule has 106 valence electrons. The maximum atomic E-state index is 12.0. The molecule has 0 bridgehead atoms. The lowest BCUT2D eigenvalue weighted by Crippen LogP contribution is -2.22. The molecular formula is C17H20O3. The minimum atomic E-state index is -0.237. The lowest BCUT2D eigenvalue weighted by molar-refractivity contribution is -0.139. The topological polar surface area (TPSA) is 35.5 Å². The van der Waals surface area contributed by atoms with Crippen LogP contribution in [0.4, 0.5) is 0 Å². The molecule has 0 saturated heterocycles. The molecular weight excluding hydrogens is 252 g/mol. The second kappa shape index (κ2) is 6.42. The van der Waals surface area contributed by atoms with Crippen molar-refractivity contribution >= 4 is 12.0 Å². The molecule has 0 radical (unpaired) electrons. The van der Waals surface area contributed by atoms with Crippen LogP contribution in [-0.2, 0) is 14.3 Å². The highest BCUT2D eigenvalue weighted by atomic mass is 16.5. The highest BCUT2D eigenvalue weighted by Crippen LogP contribution is 2.30. The van der Waals surface area contributed by atoms with Crippen LogP contribution in [0.3, 0.4) is 0 Å². The molecule has 2 rings (SSSR count). The maximum absolute atomic E-state index is 12.0. The van der Waals surface area contributed by atoms with E-state index in [9.17, 15) is 4.79 Å². The third-order valence-electron chi connectivity index (χ3n) is 3.26. The van der Waals surface area contributed by atoms with Crippen LogP contribution in [-0.4, -0.2) is 18.7 Å². The average molecular weight is 272 g/mol. The number of hydrogen-bond donors (Lipinski definition) is 0. The molecule has 0 N–H and O–H groups in total. The van der Waals surface area contributed by atoms with Gasteiger partial charge in [-0.1, -0.05) is 30.3 Å². The summed E-state index contributed by atoms with van der Waals surface area (Å²) in [6.07, 6.45) is 2.54. The fourth-order valence-corrected chi connectivity index (χ4v) is 2.23. The molecule has 0 saturated carbocycles. The first kappa shape index (κ1) is 14.4. The number of rotatable bonds is 3. The quantitative estimate of drug-likeness (QED) is 0.787. The highest BCUT2D eigenvalue weighted by molar-refractivity contribution is 5.90. The summed E-state index contributed by atoms with van der Waals surface area (Å²) in [6.45, 7) is 6.08. The maximum Gasteiger partial charge on any atom is 0.334 e.